The third-order valence-electron chi connectivity index (χ3n) is 7.03. The Morgan fingerprint density at radius 1 is 1.16 bits per heavy atom. The Labute approximate surface area is 189 Å². The van der Waals surface area contributed by atoms with E-state index in [9.17, 15) is 23.9 Å². The molecule has 0 bridgehead atoms. The zero-order valence-corrected chi connectivity index (χ0v) is 18.4. The third kappa shape index (κ3) is 2.75. The molecule has 1 aromatic heterocycles. The summed E-state index contributed by atoms with van der Waals surface area (Å²) in [4.78, 5) is 43.2. The zero-order chi connectivity index (χ0) is 22.8. The molecule has 9 heteroatoms. The molecule has 2 aliphatic heterocycles. The normalized spacial score (nSPS) is 19.1. The van der Waals surface area contributed by atoms with E-state index in [0.29, 0.717) is 43.5 Å². The Kier molecular flexibility index (Phi) is 4.81. The van der Waals surface area contributed by atoms with Crippen LogP contribution in [0.3, 0.4) is 0 Å². The highest BCUT2D eigenvalue weighted by Crippen LogP contribution is 2.46. The first-order valence-corrected chi connectivity index (χ1v) is 11.2. The van der Waals surface area contributed by atoms with E-state index >= 15 is 0 Å². The van der Waals surface area contributed by atoms with Gasteiger partial charge in [-0.1, -0.05) is 17.7 Å². The monoisotopic (exact) mass is 459 g/mol. The average molecular weight is 460 g/mol. The summed E-state index contributed by atoms with van der Waals surface area (Å²) in [5.41, 5.74) is -0.235. The molecule has 0 unspecified atom stereocenters. The highest BCUT2D eigenvalue weighted by molar-refractivity contribution is 6.30. The predicted molar refractivity (Wildman–Crippen MR) is 115 cm³/mol. The van der Waals surface area contributed by atoms with Crippen molar-refractivity contribution in [2.24, 2.45) is 0 Å². The van der Waals surface area contributed by atoms with Crippen LogP contribution in [0.25, 0.3) is 0 Å². The molecule has 0 atom stereocenters. The highest BCUT2D eigenvalue weighted by Gasteiger charge is 2.53. The van der Waals surface area contributed by atoms with Gasteiger partial charge in [0.2, 0.25) is 0 Å². The number of carbonyl (C=O) groups excluding carboxylic acids is 2. The number of nitrogens with zero attached hydrogens (tertiary/aromatic N) is 3. The van der Waals surface area contributed by atoms with Crippen LogP contribution in [0.5, 0.6) is 5.75 Å². The Morgan fingerprint density at radius 2 is 1.88 bits per heavy atom. The number of hydrogen-bond acceptors (Lipinski definition) is 4. The Hall–Kier alpha value is -2.87. The number of hydrogen-bond donors (Lipinski definition) is 1. The topological polar surface area (TPSA) is 82.9 Å². The summed E-state index contributed by atoms with van der Waals surface area (Å²) in [6.45, 7) is 2.77. The van der Waals surface area contributed by atoms with Gasteiger partial charge in [0.05, 0.1) is 10.6 Å². The van der Waals surface area contributed by atoms with Crippen LogP contribution in [0.1, 0.15) is 64.6 Å². The molecule has 3 aliphatic rings. The van der Waals surface area contributed by atoms with Crippen molar-refractivity contribution in [1.29, 1.82) is 0 Å². The predicted octanol–water partition coefficient (Wildman–Crippen LogP) is 3.25. The first-order valence-electron chi connectivity index (χ1n) is 10.9. The minimum atomic E-state index is -0.754. The summed E-state index contributed by atoms with van der Waals surface area (Å²) in [6, 6.07) is 4.22. The third-order valence-corrected chi connectivity index (χ3v) is 7.32. The SMILES string of the molecule is CCN1C(=O)c2c3c(c(O)c(=O)n2C12CCCC2)C(=O)N(Cc1ccc(F)c(Cl)c1)CC3. The summed E-state index contributed by atoms with van der Waals surface area (Å²) < 4.78 is 14.9. The van der Waals surface area contributed by atoms with Gasteiger partial charge in [0, 0.05) is 25.2 Å². The first-order chi connectivity index (χ1) is 15.3. The molecule has 1 aliphatic carbocycles. The van der Waals surface area contributed by atoms with Gasteiger partial charge in [0.1, 0.15) is 17.2 Å². The second-order valence-electron chi connectivity index (χ2n) is 8.66. The van der Waals surface area contributed by atoms with Crippen LogP contribution in [0, 0.1) is 5.82 Å². The summed E-state index contributed by atoms with van der Waals surface area (Å²) >= 11 is 5.86. The molecule has 1 saturated carbocycles. The summed E-state index contributed by atoms with van der Waals surface area (Å²) in [5.74, 6) is -1.93. The molecule has 1 fully saturated rings. The van der Waals surface area contributed by atoms with Gasteiger partial charge in [0.25, 0.3) is 17.4 Å². The van der Waals surface area contributed by atoms with E-state index in [0.717, 1.165) is 12.8 Å². The smallest absolute Gasteiger partial charge is 0.296 e. The van der Waals surface area contributed by atoms with Gasteiger partial charge >= 0.3 is 0 Å². The van der Waals surface area contributed by atoms with Gasteiger partial charge in [0.15, 0.2) is 5.75 Å². The van der Waals surface area contributed by atoms with Crippen LogP contribution in [0.2, 0.25) is 5.02 Å². The van der Waals surface area contributed by atoms with Crippen LogP contribution in [-0.2, 0) is 18.6 Å². The molecule has 3 heterocycles. The van der Waals surface area contributed by atoms with Gasteiger partial charge in [-0.25, -0.2) is 4.39 Å². The first kappa shape index (κ1) is 21.0. The lowest BCUT2D eigenvalue weighted by atomic mass is 9.95. The number of carbonyl (C=O) groups is 2. The molecular weight excluding hydrogens is 437 g/mol. The fourth-order valence-corrected chi connectivity index (χ4v) is 5.84. The van der Waals surface area contributed by atoms with Gasteiger partial charge in [-0.15, -0.1) is 0 Å². The van der Waals surface area contributed by atoms with Crippen LogP contribution in [0.4, 0.5) is 4.39 Å². The van der Waals surface area contributed by atoms with Crippen LogP contribution >= 0.6 is 11.6 Å². The van der Waals surface area contributed by atoms with Crippen molar-refractivity contribution in [3.8, 4) is 5.75 Å². The molecule has 1 aromatic carbocycles. The molecule has 1 spiro atoms. The molecule has 2 amide bonds. The number of pyridine rings is 1. The lowest BCUT2D eigenvalue weighted by molar-refractivity contribution is 0.0405. The standard InChI is InChI=1S/C23H23ClFN3O4/c1-2-27-21(31)18-14-7-10-26(12-13-5-6-16(25)15(24)11-13)20(30)17(14)19(29)22(32)28(18)23(27)8-3-4-9-23/h5-6,11,29H,2-4,7-10,12H2,1H3. The molecule has 5 rings (SSSR count). The molecule has 2 aromatic rings. The quantitative estimate of drug-likeness (QED) is 0.763. The number of aromatic hydroxyl groups is 1. The molecule has 32 heavy (non-hydrogen) atoms. The minimum absolute atomic E-state index is 0.0432. The number of rotatable bonds is 3. The number of benzene rings is 1. The lowest BCUT2D eigenvalue weighted by Gasteiger charge is -2.36. The van der Waals surface area contributed by atoms with Crippen LogP contribution in [0.15, 0.2) is 23.0 Å². The fourth-order valence-electron chi connectivity index (χ4n) is 5.63. The lowest BCUT2D eigenvalue weighted by Crippen LogP contribution is -2.48. The van der Waals surface area contributed by atoms with E-state index in [2.05, 4.69) is 0 Å². The number of halogens is 2. The molecule has 168 valence electrons. The van der Waals surface area contributed by atoms with Gasteiger partial charge in [-0.2, -0.15) is 0 Å². The zero-order valence-electron chi connectivity index (χ0n) is 17.7. The van der Waals surface area contributed by atoms with E-state index in [-0.39, 0.29) is 28.7 Å². The Bertz CT molecular complexity index is 1220. The van der Waals surface area contributed by atoms with Gasteiger partial charge in [-0.3, -0.25) is 19.0 Å². The van der Waals surface area contributed by atoms with Crippen molar-refractivity contribution in [1.82, 2.24) is 14.4 Å². The summed E-state index contributed by atoms with van der Waals surface area (Å²) in [5, 5.41) is 10.8. The molecule has 7 nitrogen and oxygen atoms in total. The van der Waals surface area contributed by atoms with Crippen LogP contribution in [-0.4, -0.2) is 44.4 Å². The molecular formula is C23H23ClFN3O4. The second kappa shape index (κ2) is 7.33. The molecule has 0 radical (unpaired) electrons. The average Bonchev–Trinajstić information content (AvgIpc) is 3.34. The highest BCUT2D eigenvalue weighted by atomic mass is 35.5. The van der Waals surface area contributed by atoms with Gasteiger partial charge in [-0.05, 0) is 56.7 Å². The van der Waals surface area contributed by atoms with E-state index in [1.165, 1.54) is 27.7 Å². The fraction of sp³-hybridized carbons (Fsp3) is 0.435. The van der Waals surface area contributed by atoms with E-state index < -0.39 is 28.7 Å². The molecule has 0 saturated heterocycles. The maximum absolute atomic E-state index is 13.5. The summed E-state index contributed by atoms with van der Waals surface area (Å²) in [7, 11) is 0. The number of fused-ring (bicyclic) bond motifs is 4. The number of amides is 2. The largest absolute Gasteiger partial charge is 0.502 e. The van der Waals surface area contributed by atoms with Crippen molar-refractivity contribution < 1.29 is 19.1 Å². The van der Waals surface area contributed by atoms with Gasteiger partial charge < -0.3 is 14.9 Å². The second-order valence-corrected chi connectivity index (χ2v) is 9.06. The number of aromatic nitrogens is 1. The maximum Gasteiger partial charge on any atom is 0.296 e. The summed E-state index contributed by atoms with van der Waals surface area (Å²) in [6.07, 6.45) is 3.42. The van der Waals surface area contributed by atoms with E-state index in [4.69, 9.17) is 11.6 Å². The van der Waals surface area contributed by atoms with Crippen molar-refractivity contribution in [3.05, 3.63) is 61.8 Å². The van der Waals surface area contributed by atoms with Crippen molar-refractivity contribution in [3.63, 3.8) is 0 Å². The van der Waals surface area contributed by atoms with E-state index in [1.54, 1.807) is 4.90 Å². The Balaban J connectivity index is 1.60. The molecule has 1 N–H and O–H groups in total. The minimum Gasteiger partial charge on any atom is -0.502 e. The maximum atomic E-state index is 13.5. The van der Waals surface area contributed by atoms with Crippen molar-refractivity contribution in [2.75, 3.05) is 13.1 Å². The van der Waals surface area contributed by atoms with Crippen molar-refractivity contribution in [2.45, 2.75) is 51.2 Å². The van der Waals surface area contributed by atoms with Crippen LogP contribution < -0.4 is 5.56 Å². The Morgan fingerprint density at radius 3 is 2.53 bits per heavy atom. The van der Waals surface area contributed by atoms with E-state index in [1.807, 2.05) is 6.92 Å². The van der Waals surface area contributed by atoms with Crippen molar-refractivity contribution >= 4 is 23.4 Å².